The summed E-state index contributed by atoms with van der Waals surface area (Å²) in [4.78, 5) is 39.8. The van der Waals surface area contributed by atoms with Gasteiger partial charge in [-0.3, -0.25) is 4.90 Å². The van der Waals surface area contributed by atoms with E-state index in [1.54, 1.807) is 38.7 Å². The first-order valence-electron chi connectivity index (χ1n) is 11.9. The van der Waals surface area contributed by atoms with Crippen molar-refractivity contribution in [1.82, 2.24) is 4.90 Å². The molecule has 2 aliphatic rings. The Labute approximate surface area is 204 Å². The quantitative estimate of drug-likeness (QED) is 0.218. The van der Waals surface area contributed by atoms with Crippen LogP contribution in [0.2, 0.25) is 18.1 Å². The Morgan fingerprint density at radius 3 is 2.32 bits per heavy atom. The van der Waals surface area contributed by atoms with E-state index in [2.05, 4.69) is 33.9 Å². The van der Waals surface area contributed by atoms with E-state index >= 15 is 0 Å². The van der Waals surface area contributed by atoms with Gasteiger partial charge >= 0.3 is 18.0 Å². The Bertz CT molecular complexity index is 865. The topological polar surface area (TPSA) is 91.4 Å². The fourth-order valence-electron chi connectivity index (χ4n) is 3.58. The summed E-state index contributed by atoms with van der Waals surface area (Å²) in [7, 11) is -2.10. The van der Waals surface area contributed by atoms with Gasteiger partial charge in [-0.2, -0.15) is 0 Å². The summed E-state index contributed by atoms with van der Waals surface area (Å²) >= 11 is 0. The number of carbonyl (C=O) groups is 3. The molecule has 9 heteroatoms. The van der Waals surface area contributed by atoms with Crippen molar-refractivity contribution < 1.29 is 33.0 Å². The third kappa shape index (κ3) is 6.10. The van der Waals surface area contributed by atoms with Gasteiger partial charge in [-0.1, -0.05) is 39.0 Å². The van der Waals surface area contributed by atoms with E-state index in [-0.39, 0.29) is 11.6 Å². The van der Waals surface area contributed by atoms with Crippen LogP contribution in [-0.2, 0) is 28.2 Å². The van der Waals surface area contributed by atoms with Gasteiger partial charge in [-0.05, 0) is 59.2 Å². The molecule has 0 unspecified atom stereocenters. The van der Waals surface area contributed by atoms with E-state index in [4.69, 9.17) is 18.6 Å². The highest BCUT2D eigenvalue weighted by Gasteiger charge is 2.53. The number of carbonyl (C=O) groups excluding carboxylic acids is 3. The summed E-state index contributed by atoms with van der Waals surface area (Å²) in [5, 5.41) is 0.00478. The zero-order chi connectivity index (χ0) is 26.1. The summed E-state index contributed by atoms with van der Waals surface area (Å²) in [6.07, 6.45) is 4.31. The van der Waals surface area contributed by atoms with Crippen LogP contribution in [0, 0.1) is 0 Å². The van der Waals surface area contributed by atoms with E-state index in [1.807, 2.05) is 12.2 Å². The second kappa shape index (κ2) is 9.85. The summed E-state index contributed by atoms with van der Waals surface area (Å²) < 4.78 is 22.5. The third-order valence-corrected chi connectivity index (χ3v) is 11.0. The van der Waals surface area contributed by atoms with Gasteiger partial charge in [0.2, 0.25) is 0 Å². The van der Waals surface area contributed by atoms with Crippen LogP contribution in [0.3, 0.4) is 0 Å². The molecule has 2 rings (SSSR count). The predicted molar refractivity (Wildman–Crippen MR) is 132 cm³/mol. The van der Waals surface area contributed by atoms with Gasteiger partial charge in [0, 0.05) is 0 Å². The van der Waals surface area contributed by atoms with Crippen LogP contribution in [0.1, 0.15) is 61.8 Å². The molecule has 0 N–H and O–H groups in total. The Balaban J connectivity index is 2.34. The minimum atomic E-state index is -2.10. The van der Waals surface area contributed by atoms with E-state index < -0.39 is 49.6 Å². The van der Waals surface area contributed by atoms with Crippen LogP contribution in [0.4, 0.5) is 4.79 Å². The molecule has 2 bridgehead atoms. The van der Waals surface area contributed by atoms with Crippen molar-refractivity contribution in [2.45, 2.75) is 103 Å². The van der Waals surface area contributed by atoms with Gasteiger partial charge in [-0.25, -0.2) is 14.4 Å². The van der Waals surface area contributed by atoms with Crippen molar-refractivity contribution in [3.05, 3.63) is 23.8 Å². The van der Waals surface area contributed by atoms with E-state index in [0.717, 1.165) is 0 Å². The van der Waals surface area contributed by atoms with Gasteiger partial charge in [0.1, 0.15) is 5.60 Å². The molecule has 0 aromatic rings. The number of nitrogens with zero attached hydrogens (tertiary/aromatic N) is 1. The zero-order valence-electron chi connectivity index (χ0n) is 22.3. The number of rotatable bonds is 7. The molecule has 2 aliphatic heterocycles. The van der Waals surface area contributed by atoms with Crippen molar-refractivity contribution in [2.75, 3.05) is 13.2 Å². The lowest BCUT2D eigenvalue weighted by molar-refractivity contribution is -0.164. The lowest BCUT2D eigenvalue weighted by atomic mass is 9.90. The molecule has 8 nitrogen and oxygen atoms in total. The molecular formula is C25H41NO7Si. The number of amides is 1. The van der Waals surface area contributed by atoms with Crippen LogP contribution in [0.25, 0.3) is 0 Å². The summed E-state index contributed by atoms with van der Waals surface area (Å²) in [5.41, 5.74) is -1.18. The van der Waals surface area contributed by atoms with Crippen molar-refractivity contribution in [3.63, 3.8) is 0 Å². The van der Waals surface area contributed by atoms with Gasteiger partial charge < -0.3 is 18.6 Å². The predicted octanol–water partition coefficient (Wildman–Crippen LogP) is 4.75. The lowest BCUT2D eigenvalue weighted by Gasteiger charge is -2.46. The third-order valence-electron chi connectivity index (χ3n) is 6.56. The monoisotopic (exact) mass is 495 g/mol. The molecule has 0 saturated heterocycles. The van der Waals surface area contributed by atoms with Crippen LogP contribution < -0.4 is 0 Å². The van der Waals surface area contributed by atoms with Gasteiger partial charge in [-0.15, -0.1) is 0 Å². The summed E-state index contributed by atoms with van der Waals surface area (Å²) in [6, 6.07) is -0.673. The van der Waals surface area contributed by atoms with Crippen LogP contribution in [0.5, 0.6) is 0 Å². The maximum atomic E-state index is 13.4. The molecule has 192 valence electrons. The number of ether oxygens (including phenoxy) is 3. The maximum Gasteiger partial charge on any atom is 0.411 e. The smallest absolute Gasteiger partial charge is 0.411 e. The SMILES string of the molecule is CCOC(=O)[C@H](C)OC(=O)C1=CC[C@]2(CO[Si](C)(C)C(C)(C)C)C=C[C@H]1N2C(=O)OC(C)(C)C. The normalized spacial score (nSPS) is 23.3. The first-order chi connectivity index (χ1) is 15.4. The van der Waals surface area contributed by atoms with Crippen molar-refractivity contribution in [2.24, 2.45) is 0 Å². The highest BCUT2D eigenvalue weighted by atomic mass is 28.4. The van der Waals surface area contributed by atoms with Crippen LogP contribution in [-0.4, -0.2) is 67.7 Å². The Kier molecular flexibility index (Phi) is 8.14. The average Bonchev–Trinajstić information content (AvgIpc) is 2.94. The first kappa shape index (κ1) is 28.1. The fraction of sp³-hybridized carbons (Fsp3) is 0.720. The van der Waals surface area contributed by atoms with Crippen molar-refractivity contribution >= 4 is 26.3 Å². The van der Waals surface area contributed by atoms with Crippen LogP contribution in [0.15, 0.2) is 23.8 Å². The maximum absolute atomic E-state index is 13.4. The number of hydrogen-bond donors (Lipinski definition) is 0. The van der Waals surface area contributed by atoms with Gasteiger partial charge in [0.15, 0.2) is 14.4 Å². The lowest BCUT2D eigenvalue weighted by Crippen LogP contribution is -2.59. The Morgan fingerprint density at radius 1 is 1.18 bits per heavy atom. The van der Waals surface area contributed by atoms with Gasteiger partial charge in [0.05, 0.1) is 30.4 Å². The highest BCUT2D eigenvalue weighted by molar-refractivity contribution is 6.74. The van der Waals surface area contributed by atoms with E-state index in [1.165, 1.54) is 6.92 Å². The molecule has 0 fully saturated rings. The average molecular weight is 496 g/mol. The molecule has 0 saturated carbocycles. The van der Waals surface area contributed by atoms with Gasteiger partial charge in [0.25, 0.3) is 0 Å². The van der Waals surface area contributed by atoms with Crippen molar-refractivity contribution in [1.29, 1.82) is 0 Å². The number of esters is 2. The largest absolute Gasteiger partial charge is 0.463 e. The molecule has 0 aliphatic carbocycles. The molecule has 0 spiro atoms. The second-order valence-electron chi connectivity index (χ2n) is 11.5. The Hall–Kier alpha value is -2.13. The standard InChI is InChI=1S/C25H41NO7Si/c1-11-30-20(27)17(2)32-21(28)18-12-14-25(16-31-34(9,10)24(6,7)8)15-13-19(18)26(25)22(29)33-23(3,4)5/h12-13,15,17,19H,11,14,16H2,1-10H3/t17-,19+,25+/m0/s1. The molecular weight excluding hydrogens is 454 g/mol. The molecule has 1 amide bonds. The van der Waals surface area contributed by atoms with E-state index in [9.17, 15) is 14.4 Å². The number of fused-ring (bicyclic) bond motifs is 2. The molecule has 2 heterocycles. The minimum Gasteiger partial charge on any atom is -0.463 e. The zero-order valence-corrected chi connectivity index (χ0v) is 23.3. The molecule has 0 aromatic heterocycles. The molecule has 0 radical (unpaired) electrons. The molecule has 3 atom stereocenters. The Morgan fingerprint density at radius 2 is 1.79 bits per heavy atom. The number of hydrogen-bond acceptors (Lipinski definition) is 7. The fourth-order valence-corrected chi connectivity index (χ4v) is 4.62. The van der Waals surface area contributed by atoms with E-state index in [0.29, 0.717) is 18.6 Å². The van der Waals surface area contributed by atoms with Crippen LogP contribution >= 0.6 is 0 Å². The second-order valence-corrected chi connectivity index (χ2v) is 16.3. The highest BCUT2D eigenvalue weighted by Crippen LogP contribution is 2.43. The molecule has 34 heavy (non-hydrogen) atoms. The minimum absolute atomic E-state index is 0.00478. The summed E-state index contributed by atoms with van der Waals surface area (Å²) in [5.74, 6) is -1.28. The van der Waals surface area contributed by atoms with Crippen molar-refractivity contribution in [3.8, 4) is 0 Å². The molecule has 0 aromatic carbocycles. The first-order valence-corrected chi connectivity index (χ1v) is 14.8. The summed E-state index contributed by atoms with van der Waals surface area (Å²) in [6.45, 7) is 19.9.